The number of hydrogen-bond donors (Lipinski definition) is 4. The van der Waals surface area contributed by atoms with Crippen LogP contribution in [0.3, 0.4) is 0 Å². The fraction of sp³-hybridized carbons (Fsp3) is 0.409. The molecule has 0 atom stereocenters. The van der Waals surface area contributed by atoms with E-state index in [-0.39, 0.29) is 37.0 Å². The number of carbonyl (C=O) groups is 4. The van der Waals surface area contributed by atoms with E-state index in [1.54, 1.807) is 11.4 Å². The Morgan fingerprint density at radius 1 is 1.12 bits per heavy atom. The van der Waals surface area contributed by atoms with Crippen molar-refractivity contribution in [1.29, 1.82) is 0 Å². The van der Waals surface area contributed by atoms with Crippen molar-refractivity contribution in [1.82, 2.24) is 10.3 Å². The van der Waals surface area contributed by atoms with Crippen molar-refractivity contribution in [2.75, 3.05) is 10.6 Å². The van der Waals surface area contributed by atoms with Crippen molar-refractivity contribution in [3.05, 3.63) is 40.4 Å². The highest BCUT2D eigenvalue weighted by Crippen LogP contribution is 2.31. The molecule has 3 rings (SSSR count). The molecule has 170 valence electrons. The van der Waals surface area contributed by atoms with Gasteiger partial charge in [-0.1, -0.05) is 24.5 Å². The van der Waals surface area contributed by atoms with Crippen LogP contribution in [0.4, 0.5) is 15.6 Å². The van der Waals surface area contributed by atoms with Crippen LogP contribution in [0.15, 0.2) is 23.6 Å². The number of ketones is 1. The molecule has 0 radical (unpaired) electrons. The van der Waals surface area contributed by atoms with Crippen molar-refractivity contribution in [2.24, 2.45) is 5.92 Å². The summed E-state index contributed by atoms with van der Waals surface area (Å²) in [5.74, 6) is -1.34. The number of carboxylic acid groups (broad SMARTS) is 1. The Bertz CT molecular complexity index is 1010. The largest absolute Gasteiger partial charge is 0.481 e. The standard InChI is InChI=1S/C22H26N4O5S/c1-13-6-7-17(16(10-13)20(30)14-4-2-3-5-14)25-21(31)26-22-24-15(12-32-22)11-23-18(27)8-9-19(28)29/h6-7,10,12,14H,2-5,8-9,11H2,1H3,(H,23,27)(H,28,29)(H2,24,25,26,31). The molecule has 1 aromatic heterocycles. The third-order valence-electron chi connectivity index (χ3n) is 5.22. The number of benzene rings is 1. The zero-order valence-corrected chi connectivity index (χ0v) is 18.6. The van der Waals surface area contributed by atoms with Gasteiger partial charge in [-0.15, -0.1) is 11.3 Å². The monoisotopic (exact) mass is 458 g/mol. The molecule has 0 spiro atoms. The Hall–Kier alpha value is -3.27. The minimum atomic E-state index is -1.03. The number of rotatable bonds is 9. The van der Waals surface area contributed by atoms with E-state index in [9.17, 15) is 19.2 Å². The number of aryl methyl sites for hydroxylation is 1. The maximum absolute atomic E-state index is 12.9. The van der Waals surface area contributed by atoms with Gasteiger partial charge in [0.1, 0.15) is 0 Å². The van der Waals surface area contributed by atoms with Crippen molar-refractivity contribution >= 4 is 45.8 Å². The van der Waals surface area contributed by atoms with E-state index >= 15 is 0 Å². The molecule has 10 heteroatoms. The fourth-order valence-corrected chi connectivity index (χ4v) is 4.28. The molecule has 0 aliphatic heterocycles. The van der Waals surface area contributed by atoms with Crippen LogP contribution < -0.4 is 16.0 Å². The smallest absolute Gasteiger partial charge is 0.325 e. The lowest BCUT2D eigenvalue weighted by Crippen LogP contribution is -2.24. The van der Waals surface area contributed by atoms with Crippen molar-refractivity contribution in [3.8, 4) is 0 Å². The zero-order valence-electron chi connectivity index (χ0n) is 17.8. The molecule has 1 aliphatic rings. The van der Waals surface area contributed by atoms with E-state index in [1.165, 1.54) is 11.3 Å². The van der Waals surface area contributed by atoms with Crippen LogP contribution in [-0.4, -0.2) is 33.8 Å². The number of urea groups is 1. The minimum absolute atomic E-state index is 0.00708. The third-order valence-corrected chi connectivity index (χ3v) is 6.03. The van der Waals surface area contributed by atoms with Gasteiger partial charge in [-0.05, 0) is 31.9 Å². The van der Waals surface area contributed by atoms with Crippen LogP contribution in [0.5, 0.6) is 0 Å². The number of Topliss-reactive ketones (excluding diaryl/α,β-unsaturated/α-hetero) is 1. The molecule has 0 unspecified atom stereocenters. The van der Waals surface area contributed by atoms with Gasteiger partial charge in [0, 0.05) is 23.3 Å². The van der Waals surface area contributed by atoms with Gasteiger partial charge in [0.15, 0.2) is 10.9 Å². The van der Waals surface area contributed by atoms with Crippen LogP contribution >= 0.6 is 11.3 Å². The van der Waals surface area contributed by atoms with E-state index in [0.717, 1.165) is 31.2 Å². The van der Waals surface area contributed by atoms with Crippen LogP contribution in [0.1, 0.15) is 60.1 Å². The summed E-state index contributed by atoms with van der Waals surface area (Å²) in [6, 6.07) is 4.87. The molecule has 2 aromatic rings. The number of anilines is 2. The van der Waals surface area contributed by atoms with Gasteiger partial charge in [-0.3, -0.25) is 19.7 Å². The number of carbonyl (C=O) groups excluding carboxylic acids is 3. The van der Waals surface area contributed by atoms with Crippen molar-refractivity contribution < 1.29 is 24.3 Å². The highest BCUT2D eigenvalue weighted by molar-refractivity contribution is 7.13. The quantitative estimate of drug-likeness (QED) is 0.420. The summed E-state index contributed by atoms with van der Waals surface area (Å²) in [6.45, 7) is 2.04. The van der Waals surface area contributed by atoms with Crippen LogP contribution in [-0.2, 0) is 16.1 Å². The lowest BCUT2D eigenvalue weighted by atomic mass is 9.94. The number of aromatic nitrogens is 1. The average molecular weight is 459 g/mol. The van der Waals surface area contributed by atoms with E-state index in [4.69, 9.17) is 5.11 Å². The predicted octanol–water partition coefficient (Wildman–Crippen LogP) is 3.95. The normalized spacial score (nSPS) is 13.5. The van der Waals surface area contributed by atoms with E-state index in [2.05, 4.69) is 20.9 Å². The maximum atomic E-state index is 12.9. The molecule has 1 aliphatic carbocycles. The molecule has 1 aromatic carbocycles. The Labute approximate surface area is 189 Å². The number of nitrogens with one attached hydrogen (secondary N) is 3. The Kier molecular flexibility index (Phi) is 7.93. The van der Waals surface area contributed by atoms with Gasteiger partial charge in [-0.25, -0.2) is 9.78 Å². The first-order valence-electron chi connectivity index (χ1n) is 10.5. The predicted molar refractivity (Wildman–Crippen MR) is 121 cm³/mol. The lowest BCUT2D eigenvalue weighted by Gasteiger charge is -2.14. The Morgan fingerprint density at radius 2 is 1.88 bits per heavy atom. The average Bonchev–Trinajstić information content (AvgIpc) is 3.44. The Balaban J connectivity index is 1.57. The third kappa shape index (κ3) is 6.61. The number of aliphatic carboxylic acids is 1. The van der Waals surface area contributed by atoms with Gasteiger partial charge in [0.2, 0.25) is 5.91 Å². The van der Waals surface area contributed by atoms with Crippen molar-refractivity contribution in [2.45, 2.75) is 52.0 Å². The molecular formula is C22H26N4O5S. The summed E-state index contributed by atoms with van der Waals surface area (Å²) in [5.41, 5.74) is 2.48. The van der Waals surface area contributed by atoms with Crippen LogP contribution in [0.25, 0.3) is 0 Å². The molecule has 32 heavy (non-hydrogen) atoms. The summed E-state index contributed by atoms with van der Waals surface area (Å²) in [4.78, 5) is 51.8. The van der Waals surface area contributed by atoms with E-state index < -0.39 is 12.0 Å². The number of hydrogen-bond acceptors (Lipinski definition) is 6. The molecule has 0 saturated heterocycles. The number of nitrogens with zero attached hydrogens (tertiary/aromatic N) is 1. The highest BCUT2D eigenvalue weighted by atomic mass is 32.1. The first-order chi connectivity index (χ1) is 15.3. The molecular weight excluding hydrogens is 432 g/mol. The number of thiazole rings is 1. The molecule has 1 saturated carbocycles. The summed E-state index contributed by atoms with van der Waals surface area (Å²) in [6.07, 6.45) is 3.53. The van der Waals surface area contributed by atoms with Gasteiger partial charge in [0.25, 0.3) is 0 Å². The second-order valence-corrected chi connectivity index (χ2v) is 8.65. The minimum Gasteiger partial charge on any atom is -0.481 e. The first kappa shape index (κ1) is 23.4. The summed E-state index contributed by atoms with van der Waals surface area (Å²) in [7, 11) is 0. The molecule has 3 amide bonds. The van der Waals surface area contributed by atoms with Gasteiger partial charge in [0.05, 0.1) is 24.3 Å². The van der Waals surface area contributed by atoms with E-state index in [0.29, 0.717) is 22.1 Å². The van der Waals surface area contributed by atoms with Crippen LogP contribution in [0, 0.1) is 12.8 Å². The summed E-state index contributed by atoms with van der Waals surface area (Å²) in [5, 5.41) is 18.6. The van der Waals surface area contributed by atoms with Gasteiger partial charge < -0.3 is 15.7 Å². The lowest BCUT2D eigenvalue weighted by molar-refractivity contribution is -0.138. The maximum Gasteiger partial charge on any atom is 0.325 e. The zero-order chi connectivity index (χ0) is 23.1. The highest BCUT2D eigenvalue weighted by Gasteiger charge is 2.26. The number of amides is 3. The van der Waals surface area contributed by atoms with Gasteiger partial charge in [-0.2, -0.15) is 0 Å². The molecule has 0 bridgehead atoms. The number of carboxylic acids is 1. The first-order valence-corrected chi connectivity index (χ1v) is 11.4. The molecule has 4 N–H and O–H groups in total. The molecule has 1 heterocycles. The molecule has 1 fully saturated rings. The van der Waals surface area contributed by atoms with Crippen LogP contribution in [0.2, 0.25) is 0 Å². The second kappa shape index (κ2) is 10.9. The fourth-order valence-electron chi connectivity index (χ4n) is 3.57. The Morgan fingerprint density at radius 3 is 2.59 bits per heavy atom. The molecule has 9 nitrogen and oxygen atoms in total. The van der Waals surface area contributed by atoms with E-state index in [1.807, 2.05) is 19.1 Å². The summed E-state index contributed by atoms with van der Waals surface area (Å²) < 4.78 is 0. The SMILES string of the molecule is Cc1ccc(NC(=O)Nc2nc(CNC(=O)CCC(=O)O)cs2)c(C(=O)C2CCCC2)c1. The summed E-state index contributed by atoms with van der Waals surface area (Å²) >= 11 is 1.20. The van der Waals surface area contributed by atoms with Gasteiger partial charge >= 0.3 is 12.0 Å². The second-order valence-electron chi connectivity index (χ2n) is 7.79. The topological polar surface area (TPSA) is 137 Å². The van der Waals surface area contributed by atoms with Crippen molar-refractivity contribution in [3.63, 3.8) is 0 Å².